The van der Waals surface area contributed by atoms with Crippen LogP contribution in [0.2, 0.25) is 0 Å². The number of hydrogen-bond acceptors (Lipinski definition) is 3. The summed E-state index contributed by atoms with van der Waals surface area (Å²) in [5, 5.41) is 2.88. The van der Waals surface area contributed by atoms with Crippen molar-refractivity contribution in [3.8, 4) is 0 Å². The Morgan fingerprint density at radius 1 is 1.24 bits per heavy atom. The largest absolute Gasteiger partial charge is 0.463 e. The van der Waals surface area contributed by atoms with Gasteiger partial charge in [-0.05, 0) is 61.4 Å². The molecule has 112 valence electrons. The number of amides is 1. The lowest BCUT2D eigenvalue weighted by Crippen LogP contribution is -2.09. The number of esters is 1. The molecule has 0 radical (unpaired) electrons. The van der Waals surface area contributed by atoms with Crippen molar-refractivity contribution in [2.45, 2.75) is 40.0 Å². The minimum absolute atomic E-state index is 0.0596. The van der Waals surface area contributed by atoms with Crippen LogP contribution >= 0.6 is 0 Å². The van der Waals surface area contributed by atoms with Gasteiger partial charge < -0.3 is 10.1 Å². The highest BCUT2D eigenvalue weighted by Gasteiger charge is 2.20. The molecule has 21 heavy (non-hydrogen) atoms. The van der Waals surface area contributed by atoms with E-state index >= 15 is 0 Å². The molecule has 0 heterocycles. The second kappa shape index (κ2) is 6.57. The SMILES string of the molecule is CCOC(=O)/C=C(/C)c1ccc(NC(C)=O)c2c1CCC2. The van der Waals surface area contributed by atoms with Gasteiger partial charge in [-0.2, -0.15) is 0 Å². The van der Waals surface area contributed by atoms with Gasteiger partial charge in [0.2, 0.25) is 5.91 Å². The zero-order valence-electron chi connectivity index (χ0n) is 12.8. The van der Waals surface area contributed by atoms with Gasteiger partial charge in [0.15, 0.2) is 0 Å². The molecule has 1 amide bonds. The van der Waals surface area contributed by atoms with E-state index in [-0.39, 0.29) is 11.9 Å². The average Bonchev–Trinajstić information content (AvgIpc) is 2.88. The summed E-state index contributed by atoms with van der Waals surface area (Å²) in [6, 6.07) is 3.89. The molecular weight excluding hydrogens is 266 g/mol. The molecule has 2 rings (SSSR count). The lowest BCUT2D eigenvalue weighted by atomic mass is 9.96. The minimum Gasteiger partial charge on any atom is -0.463 e. The van der Waals surface area contributed by atoms with Crippen molar-refractivity contribution in [1.29, 1.82) is 0 Å². The monoisotopic (exact) mass is 287 g/mol. The van der Waals surface area contributed by atoms with Crippen LogP contribution < -0.4 is 5.32 Å². The van der Waals surface area contributed by atoms with E-state index in [9.17, 15) is 9.59 Å². The number of nitrogens with one attached hydrogen (secondary N) is 1. The Hall–Kier alpha value is -2.10. The van der Waals surface area contributed by atoms with Crippen LogP contribution in [0.5, 0.6) is 0 Å². The number of hydrogen-bond donors (Lipinski definition) is 1. The van der Waals surface area contributed by atoms with Gasteiger partial charge in [0.1, 0.15) is 0 Å². The molecular formula is C17H21NO3. The second-order valence-electron chi connectivity index (χ2n) is 5.23. The number of carbonyl (C=O) groups is 2. The number of fused-ring (bicyclic) bond motifs is 1. The molecule has 0 bridgehead atoms. The maximum atomic E-state index is 11.6. The summed E-state index contributed by atoms with van der Waals surface area (Å²) in [4.78, 5) is 22.8. The molecule has 0 saturated heterocycles. The summed E-state index contributed by atoms with van der Waals surface area (Å²) < 4.78 is 4.96. The Morgan fingerprint density at radius 3 is 2.62 bits per heavy atom. The number of ether oxygens (including phenoxy) is 1. The maximum Gasteiger partial charge on any atom is 0.331 e. The summed E-state index contributed by atoms with van der Waals surface area (Å²) in [6.45, 7) is 5.60. The molecule has 0 aliphatic heterocycles. The Balaban J connectivity index is 2.36. The van der Waals surface area contributed by atoms with Gasteiger partial charge in [0, 0.05) is 18.7 Å². The van der Waals surface area contributed by atoms with Crippen molar-refractivity contribution in [2.75, 3.05) is 11.9 Å². The molecule has 0 atom stereocenters. The summed E-state index contributed by atoms with van der Waals surface area (Å²) in [5.41, 5.74) is 5.30. The van der Waals surface area contributed by atoms with Gasteiger partial charge in [-0.3, -0.25) is 4.79 Å². The second-order valence-corrected chi connectivity index (χ2v) is 5.23. The van der Waals surface area contributed by atoms with Crippen LogP contribution in [-0.2, 0) is 27.2 Å². The standard InChI is InChI=1S/C17H21NO3/c1-4-21-17(20)10-11(2)13-8-9-16(18-12(3)19)15-7-5-6-14(13)15/h8-10H,4-7H2,1-3H3,(H,18,19)/b11-10-. The first-order valence-electron chi connectivity index (χ1n) is 7.30. The predicted octanol–water partition coefficient (Wildman–Crippen LogP) is 3.10. The first kappa shape index (κ1) is 15.3. The van der Waals surface area contributed by atoms with Crippen LogP contribution in [0.25, 0.3) is 5.57 Å². The fourth-order valence-electron chi connectivity index (χ4n) is 2.82. The Bertz CT molecular complexity index is 602. The van der Waals surface area contributed by atoms with Crippen molar-refractivity contribution in [1.82, 2.24) is 0 Å². The number of anilines is 1. The van der Waals surface area contributed by atoms with Crippen LogP contribution in [-0.4, -0.2) is 18.5 Å². The minimum atomic E-state index is -0.312. The Morgan fingerprint density at radius 2 is 1.95 bits per heavy atom. The third kappa shape index (κ3) is 3.51. The van der Waals surface area contributed by atoms with E-state index < -0.39 is 0 Å². The van der Waals surface area contributed by atoms with Crippen LogP contribution in [0.4, 0.5) is 5.69 Å². The molecule has 0 spiro atoms. The molecule has 1 aromatic rings. The van der Waals surface area contributed by atoms with Gasteiger partial charge in [-0.1, -0.05) is 6.07 Å². The number of allylic oxidation sites excluding steroid dienone is 1. The molecule has 1 N–H and O–H groups in total. The normalized spacial score (nSPS) is 13.8. The maximum absolute atomic E-state index is 11.6. The summed E-state index contributed by atoms with van der Waals surface area (Å²) in [7, 11) is 0. The summed E-state index contributed by atoms with van der Waals surface area (Å²) in [6.07, 6.45) is 4.55. The van der Waals surface area contributed by atoms with Gasteiger partial charge in [-0.15, -0.1) is 0 Å². The zero-order chi connectivity index (χ0) is 15.4. The molecule has 0 aromatic heterocycles. The summed E-state index contributed by atoms with van der Waals surface area (Å²) in [5.74, 6) is -0.372. The van der Waals surface area contributed by atoms with Crippen molar-refractivity contribution in [2.24, 2.45) is 0 Å². The first-order chi connectivity index (χ1) is 10.0. The summed E-state index contributed by atoms with van der Waals surface area (Å²) >= 11 is 0. The van der Waals surface area contributed by atoms with E-state index in [0.717, 1.165) is 36.1 Å². The number of carbonyl (C=O) groups excluding carboxylic acids is 2. The number of benzene rings is 1. The molecule has 0 saturated carbocycles. The third-order valence-corrected chi connectivity index (χ3v) is 3.64. The number of rotatable bonds is 4. The van der Waals surface area contributed by atoms with Crippen LogP contribution in [0.3, 0.4) is 0 Å². The fourth-order valence-corrected chi connectivity index (χ4v) is 2.82. The smallest absolute Gasteiger partial charge is 0.331 e. The lowest BCUT2D eigenvalue weighted by molar-refractivity contribution is -0.137. The van der Waals surface area contributed by atoms with E-state index in [1.807, 2.05) is 19.1 Å². The van der Waals surface area contributed by atoms with Gasteiger partial charge in [-0.25, -0.2) is 4.79 Å². The zero-order valence-corrected chi connectivity index (χ0v) is 12.8. The average molecular weight is 287 g/mol. The molecule has 1 aliphatic rings. The lowest BCUT2D eigenvalue weighted by Gasteiger charge is -2.14. The van der Waals surface area contributed by atoms with E-state index in [0.29, 0.717) is 6.61 Å². The van der Waals surface area contributed by atoms with Crippen LogP contribution in [0.15, 0.2) is 18.2 Å². The van der Waals surface area contributed by atoms with Gasteiger partial charge in [0.25, 0.3) is 0 Å². The Kier molecular flexibility index (Phi) is 4.78. The quantitative estimate of drug-likeness (QED) is 0.684. The third-order valence-electron chi connectivity index (χ3n) is 3.64. The fraction of sp³-hybridized carbons (Fsp3) is 0.412. The van der Waals surface area contributed by atoms with E-state index in [2.05, 4.69) is 5.32 Å². The van der Waals surface area contributed by atoms with Crippen molar-refractivity contribution >= 4 is 23.1 Å². The molecule has 1 aromatic carbocycles. The molecule has 4 nitrogen and oxygen atoms in total. The molecule has 0 fully saturated rings. The van der Waals surface area contributed by atoms with E-state index in [1.165, 1.54) is 24.1 Å². The molecule has 0 unspecified atom stereocenters. The van der Waals surface area contributed by atoms with Gasteiger partial charge >= 0.3 is 5.97 Å². The Labute approximate surface area is 125 Å². The van der Waals surface area contributed by atoms with Crippen LogP contribution in [0.1, 0.15) is 43.9 Å². The van der Waals surface area contributed by atoms with Gasteiger partial charge in [0.05, 0.1) is 6.61 Å². The highest BCUT2D eigenvalue weighted by molar-refractivity contribution is 5.93. The first-order valence-corrected chi connectivity index (χ1v) is 7.30. The van der Waals surface area contributed by atoms with E-state index in [1.54, 1.807) is 6.92 Å². The highest BCUT2D eigenvalue weighted by atomic mass is 16.5. The topological polar surface area (TPSA) is 55.4 Å². The van der Waals surface area contributed by atoms with Crippen molar-refractivity contribution in [3.63, 3.8) is 0 Å². The van der Waals surface area contributed by atoms with E-state index in [4.69, 9.17) is 4.74 Å². The van der Waals surface area contributed by atoms with Crippen LogP contribution in [0, 0.1) is 0 Å². The predicted molar refractivity (Wildman–Crippen MR) is 83.1 cm³/mol. The van der Waals surface area contributed by atoms with Crippen molar-refractivity contribution < 1.29 is 14.3 Å². The van der Waals surface area contributed by atoms with Crippen molar-refractivity contribution in [3.05, 3.63) is 34.9 Å². The highest BCUT2D eigenvalue weighted by Crippen LogP contribution is 2.34. The molecule has 1 aliphatic carbocycles. The molecule has 4 heteroatoms.